The fourth-order valence-corrected chi connectivity index (χ4v) is 8.03. The van der Waals surface area contributed by atoms with Crippen molar-refractivity contribution < 1.29 is 23.1 Å². The summed E-state index contributed by atoms with van der Waals surface area (Å²) in [4.78, 5) is 12.6. The van der Waals surface area contributed by atoms with Gasteiger partial charge in [0.05, 0.1) is 10.9 Å². The highest BCUT2D eigenvalue weighted by Gasteiger charge is 2.38. The first kappa shape index (κ1) is 28.1. The molecule has 1 heterocycles. The second kappa shape index (κ2) is 10.7. The third-order valence-electron chi connectivity index (χ3n) is 7.69. The summed E-state index contributed by atoms with van der Waals surface area (Å²) >= 11 is 6.18. The molecule has 1 aliphatic carbocycles. The van der Waals surface area contributed by atoms with Crippen LogP contribution < -0.4 is 0 Å². The summed E-state index contributed by atoms with van der Waals surface area (Å²) in [5.41, 5.74) is 5.31. The van der Waals surface area contributed by atoms with Gasteiger partial charge in [-0.1, -0.05) is 43.0 Å². The van der Waals surface area contributed by atoms with E-state index in [0.29, 0.717) is 30.1 Å². The van der Waals surface area contributed by atoms with Crippen molar-refractivity contribution in [2.24, 2.45) is 0 Å². The quantitative estimate of drug-likeness (QED) is 0.441. The van der Waals surface area contributed by atoms with E-state index < -0.39 is 27.7 Å². The number of carboxylic acids is 1. The topological polar surface area (TPSA) is 83.9 Å². The lowest BCUT2D eigenvalue weighted by molar-refractivity contribution is -0.160. The monoisotopic (exact) mass is 547 g/mol. The molecule has 2 aromatic carbocycles. The van der Waals surface area contributed by atoms with Crippen LogP contribution >= 0.6 is 11.6 Å². The lowest BCUT2D eigenvalue weighted by Gasteiger charge is -2.36. The molecule has 1 aliphatic heterocycles. The normalized spacial score (nSPS) is 18.4. The minimum absolute atomic E-state index is 0.305. The highest BCUT2D eigenvalue weighted by molar-refractivity contribution is 7.89. The third kappa shape index (κ3) is 5.75. The third-order valence-corrected chi connectivity index (χ3v) is 10.3. The Balaban J connectivity index is 1.88. The van der Waals surface area contributed by atoms with Crippen LogP contribution in [0.5, 0.6) is 0 Å². The molecular weight excluding hydrogens is 510 g/mol. The maximum atomic E-state index is 13.6. The molecule has 0 bridgehead atoms. The second-order valence-corrected chi connectivity index (χ2v) is 14.0. The van der Waals surface area contributed by atoms with Gasteiger partial charge in [0.25, 0.3) is 0 Å². The molecule has 0 saturated heterocycles. The van der Waals surface area contributed by atoms with Crippen molar-refractivity contribution in [2.45, 2.75) is 96.6 Å². The molecule has 1 atom stereocenters. The summed E-state index contributed by atoms with van der Waals surface area (Å²) < 4.78 is 34.9. The van der Waals surface area contributed by atoms with E-state index in [4.69, 9.17) is 16.3 Å². The number of hydrogen-bond donors (Lipinski definition) is 1. The number of sulfonamides is 1. The molecule has 2 aromatic rings. The number of fused-ring (bicyclic) bond motifs is 1. The van der Waals surface area contributed by atoms with Gasteiger partial charge in [0.15, 0.2) is 6.10 Å². The predicted molar refractivity (Wildman–Crippen MR) is 147 cm³/mol. The first-order chi connectivity index (χ1) is 17.3. The Labute approximate surface area is 226 Å². The number of carbonyl (C=O) groups is 1. The molecule has 0 unspecified atom stereocenters. The van der Waals surface area contributed by atoms with Crippen LogP contribution in [0.3, 0.4) is 0 Å². The van der Waals surface area contributed by atoms with Crippen LogP contribution in [0.15, 0.2) is 24.3 Å². The van der Waals surface area contributed by atoms with Gasteiger partial charge in [-0.15, -0.1) is 0 Å². The zero-order valence-electron chi connectivity index (χ0n) is 22.4. The number of benzene rings is 2. The molecule has 37 heavy (non-hydrogen) atoms. The van der Waals surface area contributed by atoms with Gasteiger partial charge >= 0.3 is 5.97 Å². The first-order valence-corrected chi connectivity index (χ1v) is 15.0. The molecule has 202 valence electrons. The molecule has 0 spiro atoms. The molecule has 4 rings (SSSR count). The van der Waals surface area contributed by atoms with Crippen molar-refractivity contribution in [1.29, 1.82) is 0 Å². The Bertz CT molecular complexity index is 1280. The van der Waals surface area contributed by atoms with Gasteiger partial charge in [-0.05, 0) is 99.4 Å². The van der Waals surface area contributed by atoms with Crippen LogP contribution in [0.25, 0.3) is 11.1 Å². The summed E-state index contributed by atoms with van der Waals surface area (Å²) in [6, 6.07) is 7.34. The molecule has 0 amide bonds. The average molecular weight is 548 g/mol. The first-order valence-electron chi connectivity index (χ1n) is 13.1. The Morgan fingerprint density at radius 2 is 1.68 bits per heavy atom. The van der Waals surface area contributed by atoms with Crippen molar-refractivity contribution >= 4 is 27.6 Å². The largest absolute Gasteiger partial charge is 0.479 e. The highest BCUT2D eigenvalue weighted by atomic mass is 35.5. The van der Waals surface area contributed by atoms with Crippen LogP contribution in [0.4, 0.5) is 0 Å². The van der Waals surface area contributed by atoms with E-state index in [0.717, 1.165) is 65.5 Å². The maximum Gasteiger partial charge on any atom is 0.337 e. The number of hydrogen-bond acceptors (Lipinski definition) is 4. The minimum Gasteiger partial charge on any atom is -0.479 e. The van der Waals surface area contributed by atoms with Gasteiger partial charge in [-0.3, -0.25) is 0 Å². The number of nitrogens with zero attached hydrogens (tertiary/aromatic N) is 1. The van der Waals surface area contributed by atoms with Gasteiger partial charge in [-0.25, -0.2) is 13.2 Å². The van der Waals surface area contributed by atoms with Crippen LogP contribution in [-0.4, -0.2) is 41.2 Å². The average Bonchev–Trinajstić information content (AvgIpc) is 2.85. The van der Waals surface area contributed by atoms with E-state index >= 15 is 0 Å². The van der Waals surface area contributed by atoms with E-state index in [1.54, 1.807) is 16.4 Å². The fraction of sp³-hybridized carbons (Fsp3) is 0.552. The van der Waals surface area contributed by atoms with Gasteiger partial charge in [0, 0.05) is 23.7 Å². The maximum absolute atomic E-state index is 13.6. The lowest BCUT2D eigenvalue weighted by Crippen LogP contribution is -2.43. The molecule has 8 heteroatoms. The Morgan fingerprint density at radius 3 is 2.24 bits per heavy atom. The number of carboxylic acid groups (broad SMARTS) is 1. The number of rotatable bonds is 6. The standard InChI is InChI=1S/C29H38ClNO5S/c1-18-23-15-16-31(37(34,35)22-9-7-6-8-10-22)17-24(23)19(2)25(20-11-13-21(30)14-12-20)26(18)27(28(32)33)36-29(3,4)5/h11-14,22,27H,6-10,15-17H2,1-5H3,(H,32,33)/t27-/m0/s1. The fourth-order valence-electron chi connectivity index (χ4n) is 5.89. The summed E-state index contributed by atoms with van der Waals surface area (Å²) in [6.07, 6.45) is 3.85. The molecule has 0 radical (unpaired) electrons. The molecular formula is C29H38ClNO5S. The van der Waals surface area contributed by atoms with E-state index in [1.807, 2.05) is 46.8 Å². The van der Waals surface area contributed by atoms with E-state index in [2.05, 4.69) is 0 Å². The van der Waals surface area contributed by atoms with Crippen molar-refractivity contribution in [3.8, 4) is 11.1 Å². The summed E-state index contributed by atoms with van der Waals surface area (Å²) in [6.45, 7) is 10.2. The number of aliphatic carboxylic acids is 1. The van der Waals surface area contributed by atoms with Gasteiger partial charge in [-0.2, -0.15) is 4.31 Å². The van der Waals surface area contributed by atoms with Crippen molar-refractivity contribution in [2.75, 3.05) is 6.54 Å². The molecule has 2 aliphatic rings. The number of ether oxygens (including phenoxy) is 1. The Hall–Kier alpha value is -1.93. The Morgan fingerprint density at radius 1 is 1.05 bits per heavy atom. The van der Waals surface area contributed by atoms with E-state index in [9.17, 15) is 18.3 Å². The van der Waals surface area contributed by atoms with Crippen molar-refractivity contribution in [1.82, 2.24) is 4.31 Å². The lowest BCUT2D eigenvalue weighted by atomic mass is 9.80. The van der Waals surface area contributed by atoms with Crippen LogP contribution in [0.1, 0.15) is 86.8 Å². The zero-order chi connectivity index (χ0) is 27.1. The van der Waals surface area contributed by atoms with E-state index in [1.165, 1.54) is 0 Å². The minimum atomic E-state index is -3.41. The predicted octanol–water partition coefficient (Wildman–Crippen LogP) is 6.59. The SMILES string of the molecule is Cc1c2c(c(C)c([C@H](OC(C)(C)C)C(=O)O)c1-c1ccc(Cl)cc1)CCN(S(=O)(=O)C1CCCCC1)C2. The Kier molecular flexibility index (Phi) is 8.11. The zero-order valence-corrected chi connectivity index (χ0v) is 24.0. The molecule has 1 saturated carbocycles. The summed E-state index contributed by atoms with van der Waals surface area (Å²) in [7, 11) is -3.41. The smallest absolute Gasteiger partial charge is 0.337 e. The summed E-state index contributed by atoms with van der Waals surface area (Å²) in [5, 5.41) is 10.6. The van der Waals surface area contributed by atoms with E-state index in [-0.39, 0.29) is 5.25 Å². The van der Waals surface area contributed by atoms with Gasteiger partial charge in [0.2, 0.25) is 10.0 Å². The highest BCUT2D eigenvalue weighted by Crippen LogP contribution is 2.43. The van der Waals surface area contributed by atoms with Crippen LogP contribution in [0, 0.1) is 13.8 Å². The van der Waals surface area contributed by atoms with Gasteiger partial charge in [0.1, 0.15) is 0 Å². The molecule has 0 aromatic heterocycles. The second-order valence-electron chi connectivity index (χ2n) is 11.3. The molecule has 1 N–H and O–H groups in total. The van der Waals surface area contributed by atoms with Crippen molar-refractivity contribution in [3.63, 3.8) is 0 Å². The van der Waals surface area contributed by atoms with Crippen molar-refractivity contribution in [3.05, 3.63) is 57.1 Å². The van der Waals surface area contributed by atoms with Crippen LogP contribution in [0.2, 0.25) is 5.02 Å². The molecule has 6 nitrogen and oxygen atoms in total. The summed E-state index contributed by atoms with van der Waals surface area (Å²) in [5.74, 6) is -1.05. The number of halogens is 1. The molecule has 1 fully saturated rings. The van der Waals surface area contributed by atoms with Gasteiger partial charge < -0.3 is 9.84 Å². The van der Waals surface area contributed by atoms with Crippen LogP contribution in [-0.2, 0) is 32.5 Å².